The summed E-state index contributed by atoms with van der Waals surface area (Å²) < 4.78 is 31.3. The van der Waals surface area contributed by atoms with Crippen LogP contribution >= 0.6 is 0 Å². The first-order valence-corrected chi connectivity index (χ1v) is 11.3. The number of rotatable bonds is 15. The molecule has 3 N–H and O–H groups in total. The van der Waals surface area contributed by atoms with E-state index < -0.39 is 10.2 Å². The average Bonchev–Trinajstić information content (AvgIpc) is 2.45. The summed E-state index contributed by atoms with van der Waals surface area (Å²) >= 11 is 0. The zero-order chi connectivity index (χ0) is 19.6. The van der Waals surface area contributed by atoms with Crippen LogP contribution in [0.25, 0.3) is 0 Å². The summed E-state index contributed by atoms with van der Waals surface area (Å²) in [4.78, 5) is 0. The van der Waals surface area contributed by atoms with Crippen molar-refractivity contribution in [2.45, 2.75) is 96.8 Å². The molecule has 0 aliphatic carbocycles. The van der Waals surface area contributed by atoms with E-state index in [0.717, 1.165) is 4.48 Å². The number of halogens is 1. The Hall–Kier alpha value is 0.0900. The van der Waals surface area contributed by atoms with Crippen LogP contribution in [0, 0.1) is 10.2 Å². The molecule has 5 nitrogen and oxygen atoms in total. The Labute approximate surface area is 158 Å². The fraction of sp³-hybridized carbons (Fsp3) is 1.00. The average molecular weight is 387 g/mol. The second-order valence-corrected chi connectivity index (χ2v) is 8.91. The van der Waals surface area contributed by atoms with Crippen LogP contribution in [-0.2, 0) is 0 Å². The fourth-order valence-corrected chi connectivity index (χ4v) is 2.78. The Bertz CT molecular complexity index is 259. The quantitative estimate of drug-likeness (QED) is 0.298. The van der Waals surface area contributed by atoms with Crippen molar-refractivity contribution in [3.05, 3.63) is 0 Å². The molecule has 0 saturated heterocycles. The molecule has 0 aromatic heterocycles. The molecule has 0 atom stereocenters. The van der Waals surface area contributed by atoms with Crippen molar-refractivity contribution < 1.29 is 33.4 Å². The Morgan fingerprint density at radius 3 is 1.08 bits per heavy atom. The van der Waals surface area contributed by atoms with Gasteiger partial charge in [0.05, 0.1) is 27.7 Å². The van der Waals surface area contributed by atoms with E-state index in [2.05, 4.69) is 28.1 Å². The van der Waals surface area contributed by atoms with Crippen molar-refractivity contribution in [3.63, 3.8) is 0 Å². The number of hydrogen-bond donors (Lipinski definition) is 3. The van der Waals surface area contributed by atoms with E-state index in [0.29, 0.717) is 0 Å². The number of hydrogen-bond acceptors (Lipinski definition) is 4. The molecule has 0 spiro atoms. The molecule has 0 heterocycles. The Kier molecular flexibility index (Phi) is 19.1. The van der Waals surface area contributed by atoms with Gasteiger partial charge in [-0.15, -0.1) is 0 Å². The molecule has 0 aromatic rings. The van der Waals surface area contributed by atoms with Gasteiger partial charge in [0.25, 0.3) is 0 Å². The summed E-state index contributed by atoms with van der Waals surface area (Å²) in [7, 11) is 2.69. The summed E-state index contributed by atoms with van der Waals surface area (Å²) in [6.45, 7) is 3.63. The Morgan fingerprint density at radius 2 is 0.840 bits per heavy atom. The van der Waals surface area contributed by atoms with Crippen molar-refractivity contribution in [1.82, 2.24) is 0 Å². The molecule has 0 aliphatic heterocycles. The monoisotopic (exact) mass is 386 g/mol. The third-order valence-electron chi connectivity index (χ3n) is 4.18. The minimum atomic E-state index is -4.19. The van der Waals surface area contributed by atoms with Gasteiger partial charge in [0.1, 0.15) is 0 Å². The van der Waals surface area contributed by atoms with E-state index in [1.807, 2.05) is 0 Å². The first-order chi connectivity index (χ1) is 11.6. The molecule has 0 fully saturated rings. The molecule has 0 unspecified atom stereocenters. The molecule has 0 saturated carbocycles. The van der Waals surface area contributed by atoms with Crippen molar-refractivity contribution in [2.24, 2.45) is 0 Å². The Balaban J connectivity index is 0. The van der Waals surface area contributed by atoms with Gasteiger partial charge < -0.3 is 4.48 Å². The van der Waals surface area contributed by atoms with E-state index in [1.54, 1.807) is 0 Å². The maximum atomic E-state index is 8.83. The SMILES string of the molecule is CCCCCCCCCCCCCCCC[N+](C)(C)C.[O-][Cl+](O)(O)O. The van der Waals surface area contributed by atoms with Gasteiger partial charge in [0, 0.05) is 0 Å². The maximum absolute atomic E-state index is 8.83. The predicted molar refractivity (Wildman–Crippen MR) is 99.9 cm³/mol. The van der Waals surface area contributed by atoms with Crippen LogP contribution in [0.4, 0.5) is 0 Å². The fourth-order valence-electron chi connectivity index (χ4n) is 2.78. The Morgan fingerprint density at radius 1 is 0.600 bits per heavy atom. The van der Waals surface area contributed by atoms with Crippen molar-refractivity contribution >= 4 is 0 Å². The van der Waals surface area contributed by atoms with Crippen molar-refractivity contribution in [3.8, 4) is 0 Å². The zero-order valence-corrected chi connectivity index (χ0v) is 17.9. The van der Waals surface area contributed by atoms with Crippen LogP contribution in [0.2, 0.25) is 0 Å². The molecule has 0 aromatic carbocycles. The third kappa shape index (κ3) is 40.2. The van der Waals surface area contributed by atoms with Gasteiger partial charge in [0.15, 0.2) is 0 Å². The standard InChI is InChI=1S/C19H42N.ClH3O4/c1-5-6-7-8-9-10-11-12-13-14-15-16-17-18-19-20(2,3)4;2-1(3,4)5/h5-19H2,1-4H3;2-4H/q+1;. The van der Waals surface area contributed by atoms with Gasteiger partial charge in [-0.25, -0.2) is 0 Å². The number of nitrogens with zero attached hydrogens (tertiary/aromatic N) is 1. The molecule has 6 heteroatoms. The molecule has 0 bridgehead atoms. The summed E-state index contributed by atoms with van der Waals surface area (Å²) in [5, 5.41) is 0. The molecule has 0 amide bonds. The number of unbranched alkanes of at least 4 members (excludes halogenated alkanes) is 13. The number of quaternary nitrogens is 1. The first-order valence-electron chi connectivity index (χ1n) is 10.0. The zero-order valence-electron chi connectivity index (χ0n) is 17.2. The van der Waals surface area contributed by atoms with Gasteiger partial charge in [-0.1, -0.05) is 84.0 Å². The van der Waals surface area contributed by atoms with Gasteiger partial charge in [-0.05, 0) is 12.8 Å². The van der Waals surface area contributed by atoms with Crippen LogP contribution in [0.3, 0.4) is 0 Å². The van der Waals surface area contributed by atoms with Gasteiger partial charge in [0.2, 0.25) is 0 Å². The molecule has 0 rings (SSSR count). The van der Waals surface area contributed by atoms with E-state index in [9.17, 15) is 0 Å². The normalized spacial score (nSPS) is 12.6. The van der Waals surface area contributed by atoms with Crippen LogP contribution in [0.15, 0.2) is 0 Å². The topological polar surface area (TPSA) is 83.8 Å². The van der Waals surface area contributed by atoms with Crippen molar-refractivity contribution in [2.75, 3.05) is 27.7 Å². The first kappa shape index (κ1) is 27.3. The van der Waals surface area contributed by atoms with E-state index in [1.165, 1.54) is 96.4 Å². The summed E-state index contributed by atoms with van der Waals surface area (Å²) in [6, 6.07) is 0. The van der Waals surface area contributed by atoms with E-state index in [-0.39, 0.29) is 0 Å². The predicted octanol–water partition coefficient (Wildman–Crippen LogP) is 3.31. The van der Waals surface area contributed by atoms with Crippen LogP contribution in [0.5, 0.6) is 0 Å². The molecular formula is C19H45ClNO4+. The van der Waals surface area contributed by atoms with Gasteiger partial charge in [-0.3, -0.25) is 0 Å². The van der Waals surface area contributed by atoms with E-state index >= 15 is 0 Å². The van der Waals surface area contributed by atoms with E-state index in [4.69, 9.17) is 18.6 Å². The van der Waals surface area contributed by atoms with Crippen LogP contribution in [0.1, 0.15) is 96.8 Å². The molecule has 0 radical (unpaired) electrons. The van der Waals surface area contributed by atoms with Gasteiger partial charge >= 0.3 is 28.9 Å². The summed E-state index contributed by atoms with van der Waals surface area (Å²) in [6.07, 6.45) is 20.4. The minimum absolute atomic E-state index is 1.12. The molecule has 25 heavy (non-hydrogen) atoms. The van der Waals surface area contributed by atoms with Crippen molar-refractivity contribution in [1.29, 1.82) is 0 Å². The van der Waals surface area contributed by atoms with Crippen LogP contribution < -0.4 is 4.66 Å². The summed E-state index contributed by atoms with van der Waals surface area (Å²) in [5.74, 6) is 0. The molecular weight excluding hydrogens is 342 g/mol. The second-order valence-electron chi connectivity index (χ2n) is 8.04. The second kappa shape index (κ2) is 17.5. The van der Waals surface area contributed by atoms with Crippen LogP contribution in [-0.4, -0.2) is 46.1 Å². The molecule has 0 aliphatic rings. The summed E-state index contributed by atoms with van der Waals surface area (Å²) in [5.41, 5.74) is 0. The molecule has 156 valence electrons. The third-order valence-corrected chi connectivity index (χ3v) is 4.18. The van der Waals surface area contributed by atoms with Gasteiger partial charge in [-0.2, -0.15) is 0 Å².